The normalized spacial score (nSPS) is 36.5. The summed E-state index contributed by atoms with van der Waals surface area (Å²) < 4.78 is 34.6. The van der Waals surface area contributed by atoms with E-state index in [2.05, 4.69) is 0 Å². The molecule has 0 aromatic rings. The van der Waals surface area contributed by atoms with Crippen LogP contribution < -0.4 is 34.4 Å². The smallest absolute Gasteiger partial charge is 0.300 e. The predicted molar refractivity (Wildman–Crippen MR) is 218 cm³/mol. The number of hydrogen-bond donors (Lipinski definition) is 19. The van der Waals surface area contributed by atoms with Crippen LogP contribution in [0.1, 0.15) is 48.0 Å². The highest BCUT2D eigenvalue weighted by Gasteiger charge is 2.54. The molecule has 0 aromatic carbocycles. The Morgan fingerprint density at radius 2 is 0.773 bits per heavy atom. The summed E-state index contributed by atoms with van der Waals surface area (Å²) in [6, 6.07) is -5.10. The molecule has 4 fully saturated rings. The van der Waals surface area contributed by atoms with E-state index < -0.39 is 165 Å². The van der Waals surface area contributed by atoms with Gasteiger partial charge in [-0.1, -0.05) is 0 Å². The Labute approximate surface area is 377 Å². The molecule has 0 unspecified atom stereocenters. The lowest BCUT2D eigenvalue weighted by molar-refractivity contribution is -0.299. The molecule has 1 aliphatic carbocycles. The van der Waals surface area contributed by atoms with Gasteiger partial charge in [0, 0.05) is 60.2 Å². The number of hydrogen-bond acceptors (Lipinski definition) is 25. The molecule has 0 radical (unpaired) electrons. The molecule has 3 aliphatic heterocycles. The summed E-state index contributed by atoms with van der Waals surface area (Å²) in [6.45, 7) is 5.16. The molecule has 3 saturated heterocycles. The zero-order valence-corrected chi connectivity index (χ0v) is 37.0. The fourth-order valence-electron chi connectivity index (χ4n) is 5.75. The van der Waals surface area contributed by atoms with Gasteiger partial charge in [0.1, 0.15) is 54.9 Å². The van der Waals surface area contributed by atoms with Gasteiger partial charge in [-0.2, -0.15) is 0 Å². The summed E-state index contributed by atoms with van der Waals surface area (Å²) >= 11 is 0. The monoisotopic (exact) mass is 974 g/mol. The van der Waals surface area contributed by atoms with Gasteiger partial charge in [0.2, 0.25) is 0 Å². The van der Waals surface area contributed by atoms with E-state index in [1.807, 2.05) is 0 Å². The molecule has 4 aliphatic rings. The second kappa shape index (κ2) is 33.5. The minimum Gasteiger partial charge on any atom is -0.481 e. The summed E-state index contributed by atoms with van der Waals surface area (Å²) in [5.74, 6) is -5.00. The van der Waals surface area contributed by atoms with E-state index in [4.69, 9.17) is 122 Å². The Bertz CT molecular complexity index is 1320. The van der Waals surface area contributed by atoms with Crippen LogP contribution in [0.2, 0.25) is 0 Å². The van der Waals surface area contributed by atoms with Crippen LogP contribution in [0.25, 0.3) is 0 Å². The number of carboxylic acids is 6. The van der Waals surface area contributed by atoms with E-state index in [1.54, 1.807) is 0 Å². The molecule has 66 heavy (non-hydrogen) atoms. The van der Waals surface area contributed by atoms with Crippen molar-refractivity contribution in [3.8, 4) is 0 Å². The Balaban J connectivity index is -0.00000136. The molecule has 0 amide bonds. The average molecular weight is 975 g/mol. The van der Waals surface area contributed by atoms with E-state index in [0.717, 1.165) is 41.5 Å². The van der Waals surface area contributed by atoms with Gasteiger partial charge in [-0.05, 0) is 6.42 Å². The second-order valence-electron chi connectivity index (χ2n) is 14.4. The fourth-order valence-corrected chi connectivity index (χ4v) is 5.75. The van der Waals surface area contributed by atoms with E-state index in [-0.39, 0.29) is 13.0 Å². The number of rotatable bonds is 9. The van der Waals surface area contributed by atoms with Crippen LogP contribution in [0.3, 0.4) is 0 Å². The molecule has 4 rings (SSSR count). The maximum absolute atomic E-state index is 11.1. The molecule has 31 nitrogen and oxygen atoms in total. The van der Waals surface area contributed by atoms with Gasteiger partial charge in [-0.3, -0.25) is 28.8 Å². The predicted octanol–water partition coefficient (Wildman–Crippen LogP) is -8.35. The highest BCUT2D eigenvalue weighted by atomic mass is 16.8. The van der Waals surface area contributed by atoms with E-state index in [9.17, 15) is 35.7 Å². The minimum absolute atomic E-state index is 0.0889. The van der Waals surface area contributed by atoms with Gasteiger partial charge in [-0.15, -0.1) is 0 Å². The van der Waals surface area contributed by atoms with E-state index >= 15 is 0 Å². The third-order valence-corrected chi connectivity index (χ3v) is 8.41. The van der Waals surface area contributed by atoms with Crippen LogP contribution in [0.5, 0.6) is 0 Å². The van der Waals surface area contributed by atoms with Crippen molar-refractivity contribution in [1.82, 2.24) is 0 Å². The number of nitrogens with two attached hydrogens (primary N) is 6. The molecule has 390 valence electrons. The third-order valence-electron chi connectivity index (χ3n) is 8.41. The summed E-state index contributed by atoms with van der Waals surface area (Å²) in [6.07, 6.45) is -18.3. The van der Waals surface area contributed by atoms with Crippen molar-refractivity contribution in [2.24, 2.45) is 34.4 Å². The number of carbonyl (C=O) groups is 6. The van der Waals surface area contributed by atoms with Crippen molar-refractivity contribution in [3.63, 3.8) is 0 Å². The Morgan fingerprint density at radius 1 is 0.439 bits per heavy atom. The van der Waals surface area contributed by atoms with Crippen LogP contribution in [-0.2, 0) is 57.2 Å². The average Bonchev–Trinajstić information content (AvgIpc) is 3.46. The quantitative estimate of drug-likeness (QED) is 0.102. The Kier molecular flexibility index (Phi) is 33.7. The third kappa shape index (κ3) is 25.8. The first kappa shape index (κ1) is 66.3. The summed E-state index contributed by atoms with van der Waals surface area (Å²) in [4.78, 5) is 54.0. The second-order valence-corrected chi connectivity index (χ2v) is 14.4. The first-order chi connectivity index (χ1) is 30.2. The molecule has 0 bridgehead atoms. The lowest BCUT2D eigenvalue weighted by atomic mass is 9.84. The molecular formula is C35H70N6O25. The van der Waals surface area contributed by atoms with Crippen LogP contribution in [-0.4, -0.2) is 238 Å². The number of aliphatic hydroxyl groups excluding tert-OH is 7. The lowest BCUT2D eigenvalue weighted by Gasteiger charge is -2.47. The summed E-state index contributed by atoms with van der Waals surface area (Å²) in [5.41, 5.74) is 35.9. The number of aliphatic carboxylic acids is 6. The number of carboxylic acid groups (broad SMARTS) is 6. The first-order valence-electron chi connectivity index (χ1n) is 19.4. The molecule has 0 spiro atoms. The van der Waals surface area contributed by atoms with Gasteiger partial charge in [0.15, 0.2) is 18.9 Å². The maximum Gasteiger partial charge on any atom is 0.300 e. The fraction of sp³-hybridized carbons (Fsp3) is 0.829. The van der Waals surface area contributed by atoms with Crippen molar-refractivity contribution < 1.29 is 124 Å². The van der Waals surface area contributed by atoms with Gasteiger partial charge in [-0.25, -0.2) is 0 Å². The topological polar surface area (TPSA) is 577 Å². The van der Waals surface area contributed by atoms with Crippen LogP contribution in [0, 0.1) is 0 Å². The largest absolute Gasteiger partial charge is 0.481 e. The Hall–Kier alpha value is -3.94. The van der Waals surface area contributed by atoms with Gasteiger partial charge in [0.25, 0.3) is 35.8 Å². The van der Waals surface area contributed by atoms with E-state index in [0.29, 0.717) is 0 Å². The molecule has 1 saturated carbocycles. The van der Waals surface area contributed by atoms with Crippen LogP contribution >= 0.6 is 0 Å². The van der Waals surface area contributed by atoms with Crippen LogP contribution in [0.4, 0.5) is 0 Å². The van der Waals surface area contributed by atoms with Crippen molar-refractivity contribution in [1.29, 1.82) is 0 Å². The molecular weight excluding hydrogens is 904 g/mol. The van der Waals surface area contributed by atoms with Crippen molar-refractivity contribution in [2.75, 3.05) is 19.8 Å². The minimum atomic E-state index is -1.60. The number of ether oxygens (including phenoxy) is 6. The highest BCUT2D eigenvalue weighted by molar-refractivity contribution is 5.64. The maximum atomic E-state index is 11.1. The Morgan fingerprint density at radius 3 is 1.15 bits per heavy atom. The molecule has 31 heteroatoms. The zero-order chi connectivity index (χ0) is 52.5. The summed E-state index contributed by atoms with van der Waals surface area (Å²) in [7, 11) is 0. The first-order valence-corrected chi connectivity index (χ1v) is 19.4. The standard InChI is InChI=1S/C23H46N6O13.6C2H4O2/c24-2-7-14(33)16(35)12(29)22(37-7)41-19-9(4-31)39-23(17(19)36)42-20-13(32)5(25)1-6(26)18(20)40-21-11(28)15(34)10(27)8(3-30)38-21;6*1-2(3)4/h5-23,30-36H,1-4,24-29H2;6*1H3,(H,3,4)/t5-,6+,7+,8-,9-,10-,11-,12-,13+,14-,15+,16-,17-,18-,19-,20-,21-,22-,23+;;;;;;/m1....../s1. The summed E-state index contributed by atoms with van der Waals surface area (Å²) in [5, 5.41) is 117. The van der Waals surface area contributed by atoms with Crippen molar-refractivity contribution in [3.05, 3.63) is 0 Å². The molecule has 19 atom stereocenters. The van der Waals surface area contributed by atoms with Crippen LogP contribution in [0.15, 0.2) is 0 Å². The number of aliphatic hydroxyl groups is 7. The molecule has 3 heterocycles. The van der Waals surface area contributed by atoms with Gasteiger partial charge in [0.05, 0.1) is 43.5 Å². The SMILES string of the molecule is CC(=O)O.CC(=O)O.CC(=O)O.CC(=O)O.CC(=O)O.CC(=O)O.NC[C@@H]1O[C@H](O[C@H]2[C@@H](O)[C@H](O[C@@H]3[C@@H](O)[C@H](N)C[C@H](N)[C@H]3O[C@H]3O[C@H](CO)[C@@H](N)[C@H](O)[C@H]3N)O[C@@H]2CO)[C@H](N)[C@@H](O)[C@@H]1O. The highest BCUT2D eigenvalue weighted by Crippen LogP contribution is 2.34. The lowest BCUT2D eigenvalue weighted by Crippen LogP contribution is -2.69. The molecule has 25 N–H and O–H groups in total. The van der Waals surface area contributed by atoms with Gasteiger partial charge >= 0.3 is 0 Å². The molecule has 0 aromatic heterocycles. The van der Waals surface area contributed by atoms with Gasteiger partial charge < -0.3 is 129 Å². The van der Waals surface area contributed by atoms with Crippen molar-refractivity contribution in [2.45, 2.75) is 164 Å². The zero-order valence-electron chi connectivity index (χ0n) is 37.0. The van der Waals surface area contributed by atoms with E-state index in [1.165, 1.54) is 0 Å². The van der Waals surface area contributed by atoms with Crippen molar-refractivity contribution >= 4 is 35.8 Å².